The van der Waals surface area contributed by atoms with Crippen molar-refractivity contribution in [1.29, 1.82) is 0 Å². The van der Waals surface area contributed by atoms with Crippen LogP contribution in [-0.2, 0) is 0 Å². The third-order valence-corrected chi connectivity index (χ3v) is 6.31. The first kappa shape index (κ1) is 29.8. The van der Waals surface area contributed by atoms with Gasteiger partial charge in [0, 0.05) is 35.3 Å². The largest absolute Gasteiger partial charge is 0.493 e. The fraction of sp³-hybridized carbons (Fsp3) is 0.133. The molecule has 13 nitrogen and oxygen atoms in total. The number of hydrogen-bond acceptors (Lipinski definition) is 13. The van der Waals surface area contributed by atoms with Crippen LogP contribution in [0, 0.1) is 0 Å². The lowest BCUT2D eigenvalue weighted by Gasteiger charge is -2.12. The predicted molar refractivity (Wildman–Crippen MR) is 163 cm³/mol. The average Bonchev–Trinajstić information content (AvgIpc) is 3.06. The number of aromatic nitrogens is 6. The van der Waals surface area contributed by atoms with Crippen LogP contribution in [0.25, 0.3) is 21.8 Å². The zero-order valence-corrected chi connectivity index (χ0v) is 24.8. The van der Waals surface area contributed by atoms with Crippen molar-refractivity contribution in [2.45, 2.75) is 0 Å². The summed E-state index contributed by atoms with van der Waals surface area (Å²) >= 11 is 5.66. The summed E-state index contributed by atoms with van der Waals surface area (Å²) in [4.78, 5) is 24.2. The number of pyridine rings is 2. The van der Waals surface area contributed by atoms with Crippen LogP contribution in [0.5, 0.6) is 46.0 Å². The molecule has 4 heterocycles. The number of ether oxygens (including phenoxy) is 6. The van der Waals surface area contributed by atoms with E-state index in [1.165, 1.54) is 24.8 Å². The molecule has 0 saturated heterocycles. The molecule has 0 aliphatic heterocycles. The van der Waals surface area contributed by atoms with Crippen LogP contribution in [-0.4, -0.2) is 58.3 Å². The van der Waals surface area contributed by atoms with Crippen molar-refractivity contribution in [3.63, 3.8) is 0 Å². The van der Waals surface area contributed by atoms with E-state index in [1.54, 1.807) is 65.1 Å². The molecule has 6 rings (SSSR count). The Kier molecular flexibility index (Phi) is 9.16. The molecule has 0 bridgehead atoms. The van der Waals surface area contributed by atoms with E-state index in [4.69, 9.17) is 45.8 Å². The lowest BCUT2D eigenvalue weighted by molar-refractivity contribution is 0.355. The number of halogens is 1. The maximum Gasteiger partial charge on any atom is 0.222 e. The van der Waals surface area contributed by atoms with E-state index < -0.39 is 0 Å². The molecule has 6 aromatic rings. The second-order valence-electron chi connectivity index (χ2n) is 8.74. The molecule has 0 fully saturated rings. The Bertz CT molecular complexity index is 1750. The standard InChI is InChI=1S/C15H12ClN3O3.C15H14N4O3/c2*1-20-13-5-10-11(6-14(13)21-2)17-4-3-12(10)22-9-7-18-15(16)19-8-9/h3-8H,1-2H3;3-8H,1-2H3,(H2,16,18,19). The normalized spacial score (nSPS) is 10.5. The summed E-state index contributed by atoms with van der Waals surface area (Å²) in [6.07, 6.45) is 9.33. The van der Waals surface area contributed by atoms with Crippen molar-refractivity contribution in [1.82, 2.24) is 29.9 Å². The van der Waals surface area contributed by atoms with E-state index >= 15 is 0 Å². The third kappa shape index (κ3) is 6.68. The second kappa shape index (κ2) is 13.5. The average molecular weight is 616 g/mol. The van der Waals surface area contributed by atoms with Gasteiger partial charge < -0.3 is 34.2 Å². The van der Waals surface area contributed by atoms with Gasteiger partial charge in [0.15, 0.2) is 34.5 Å². The molecule has 2 N–H and O–H groups in total. The van der Waals surface area contributed by atoms with Gasteiger partial charge in [-0.2, -0.15) is 0 Å². The maximum absolute atomic E-state index is 5.80. The molecule has 4 aromatic heterocycles. The second-order valence-corrected chi connectivity index (χ2v) is 9.07. The minimum Gasteiger partial charge on any atom is -0.493 e. The summed E-state index contributed by atoms with van der Waals surface area (Å²) in [5, 5.41) is 1.74. The molecule has 0 atom stereocenters. The first-order valence-electron chi connectivity index (χ1n) is 12.8. The van der Waals surface area contributed by atoms with Crippen molar-refractivity contribution in [3.8, 4) is 46.0 Å². The summed E-state index contributed by atoms with van der Waals surface area (Å²) in [6.45, 7) is 0. The fourth-order valence-corrected chi connectivity index (χ4v) is 4.16. The molecule has 0 aliphatic carbocycles. The van der Waals surface area contributed by atoms with Crippen molar-refractivity contribution in [2.24, 2.45) is 0 Å². The number of nitrogens with zero attached hydrogens (tertiary/aromatic N) is 6. The molecule has 44 heavy (non-hydrogen) atoms. The smallest absolute Gasteiger partial charge is 0.222 e. The molecule has 0 unspecified atom stereocenters. The molecule has 2 aromatic carbocycles. The highest BCUT2D eigenvalue weighted by molar-refractivity contribution is 6.28. The number of hydrogen-bond donors (Lipinski definition) is 1. The Balaban J connectivity index is 0.000000175. The zero-order chi connectivity index (χ0) is 31.1. The number of nitrogen functional groups attached to an aromatic ring is 1. The van der Waals surface area contributed by atoms with E-state index in [0.717, 1.165) is 21.8 Å². The lowest BCUT2D eigenvalue weighted by atomic mass is 10.2. The number of nitrogens with two attached hydrogens (primary N) is 1. The Morgan fingerprint density at radius 2 is 0.909 bits per heavy atom. The number of rotatable bonds is 8. The fourth-order valence-electron chi connectivity index (χ4n) is 4.06. The van der Waals surface area contributed by atoms with Gasteiger partial charge in [-0.15, -0.1) is 0 Å². The maximum atomic E-state index is 5.80. The van der Waals surface area contributed by atoms with Crippen LogP contribution < -0.4 is 34.2 Å². The van der Waals surface area contributed by atoms with E-state index in [2.05, 4.69) is 29.9 Å². The lowest BCUT2D eigenvalue weighted by Crippen LogP contribution is -1.95. The molecule has 0 amide bonds. The van der Waals surface area contributed by atoms with Crippen LogP contribution in [0.4, 0.5) is 5.95 Å². The van der Waals surface area contributed by atoms with Crippen molar-refractivity contribution >= 4 is 39.4 Å². The highest BCUT2D eigenvalue weighted by atomic mass is 35.5. The van der Waals surface area contributed by atoms with Gasteiger partial charge in [-0.1, -0.05) is 0 Å². The highest BCUT2D eigenvalue weighted by Crippen LogP contribution is 2.38. The minimum atomic E-state index is 0.165. The molecule has 0 saturated carbocycles. The van der Waals surface area contributed by atoms with Crippen LogP contribution in [0.2, 0.25) is 5.28 Å². The highest BCUT2D eigenvalue weighted by Gasteiger charge is 2.13. The van der Waals surface area contributed by atoms with Gasteiger partial charge in [0.05, 0.1) is 64.3 Å². The van der Waals surface area contributed by atoms with Gasteiger partial charge in [-0.05, 0) is 35.9 Å². The van der Waals surface area contributed by atoms with E-state index in [-0.39, 0.29) is 11.2 Å². The van der Waals surface area contributed by atoms with Gasteiger partial charge in [-0.3, -0.25) is 9.97 Å². The topological polar surface area (TPSA) is 159 Å². The molecule has 0 spiro atoms. The minimum absolute atomic E-state index is 0.165. The Labute approximate surface area is 256 Å². The van der Waals surface area contributed by atoms with Gasteiger partial charge in [0.2, 0.25) is 11.2 Å². The molecular formula is C30H26ClN7O6. The van der Waals surface area contributed by atoms with Crippen molar-refractivity contribution < 1.29 is 28.4 Å². The molecule has 0 aliphatic rings. The van der Waals surface area contributed by atoms with E-state index in [0.29, 0.717) is 46.0 Å². The summed E-state index contributed by atoms with van der Waals surface area (Å²) in [6, 6.07) is 10.7. The quantitative estimate of drug-likeness (QED) is 0.202. The van der Waals surface area contributed by atoms with Crippen LogP contribution in [0.3, 0.4) is 0 Å². The van der Waals surface area contributed by atoms with Crippen molar-refractivity contribution in [2.75, 3.05) is 34.2 Å². The molecular weight excluding hydrogens is 590 g/mol. The monoisotopic (exact) mass is 615 g/mol. The molecule has 0 radical (unpaired) electrons. The van der Waals surface area contributed by atoms with E-state index in [1.807, 2.05) is 12.1 Å². The van der Waals surface area contributed by atoms with Gasteiger partial charge in [0.25, 0.3) is 0 Å². The third-order valence-electron chi connectivity index (χ3n) is 6.11. The number of methoxy groups -OCH3 is 4. The zero-order valence-electron chi connectivity index (χ0n) is 24.0. The van der Waals surface area contributed by atoms with Gasteiger partial charge in [0.1, 0.15) is 11.5 Å². The van der Waals surface area contributed by atoms with Gasteiger partial charge >= 0.3 is 0 Å². The number of anilines is 1. The molecule has 224 valence electrons. The first-order chi connectivity index (χ1) is 21.4. The van der Waals surface area contributed by atoms with Gasteiger partial charge in [-0.25, -0.2) is 19.9 Å². The summed E-state index contributed by atoms with van der Waals surface area (Å²) in [5.41, 5.74) is 6.92. The SMILES string of the molecule is COc1cc2nccc(Oc3cnc(Cl)nc3)c2cc1OC.COc1cc2nccc(Oc3cnc(N)nc3)c2cc1OC. The Morgan fingerprint density at radius 1 is 0.523 bits per heavy atom. The number of benzene rings is 2. The summed E-state index contributed by atoms with van der Waals surface area (Å²) < 4.78 is 32.8. The van der Waals surface area contributed by atoms with Crippen LogP contribution in [0.1, 0.15) is 0 Å². The van der Waals surface area contributed by atoms with Crippen LogP contribution in [0.15, 0.2) is 73.6 Å². The Hall–Kier alpha value is -5.69. The molecule has 14 heteroatoms. The van der Waals surface area contributed by atoms with Crippen LogP contribution >= 0.6 is 11.6 Å². The summed E-state index contributed by atoms with van der Waals surface area (Å²) in [7, 11) is 6.31. The van der Waals surface area contributed by atoms with Crippen molar-refractivity contribution in [3.05, 3.63) is 78.9 Å². The predicted octanol–water partition coefficient (Wildman–Crippen LogP) is 5.90. The first-order valence-corrected chi connectivity index (χ1v) is 13.2. The summed E-state index contributed by atoms with van der Waals surface area (Å²) in [5.74, 6) is 4.78. The Morgan fingerprint density at radius 3 is 1.32 bits per heavy atom. The van der Waals surface area contributed by atoms with E-state index in [9.17, 15) is 0 Å². The number of fused-ring (bicyclic) bond motifs is 2.